The monoisotopic (exact) mass is 236 g/mol. The molecule has 88 valence electrons. The summed E-state index contributed by atoms with van der Waals surface area (Å²) in [5.74, 6) is 0.139. The third-order valence-corrected chi connectivity index (χ3v) is 5.71. The molecule has 0 aromatic heterocycles. The zero-order valence-corrected chi connectivity index (χ0v) is 11.7. The molecule has 2 unspecified atom stereocenters. The Morgan fingerprint density at radius 2 is 1.94 bits per heavy atom. The number of esters is 1. The van der Waals surface area contributed by atoms with E-state index in [1.807, 2.05) is 13.8 Å². The molecule has 1 heterocycles. The Morgan fingerprint density at radius 3 is 2.50 bits per heavy atom. The van der Waals surface area contributed by atoms with Crippen molar-refractivity contribution in [2.24, 2.45) is 11.3 Å². The van der Waals surface area contributed by atoms with Gasteiger partial charge in [-0.25, -0.2) is 0 Å². The largest absolute Gasteiger partial charge is 0.457 e. The Labute approximate surface area is 98.4 Å². The highest BCUT2D eigenvalue weighted by Gasteiger charge is 2.50. The topological polar surface area (TPSA) is 26.3 Å². The van der Waals surface area contributed by atoms with Crippen LogP contribution in [0.4, 0.5) is 0 Å². The summed E-state index contributed by atoms with van der Waals surface area (Å²) in [4.78, 5) is 11.7. The normalized spacial score (nSPS) is 32.1. The first kappa shape index (κ1) is 11.6. The Kier molecular flexibility index (Phi) is 2.42. The molecule has 2 atom stereocenters. The first-order chi connectivity index (χ1) is 7.23. The second-order valence-corrected chi connectivity index (χ2v) is 11.4. The predicted octanol–water partition coefficient (Wildman–Crippen LogP) is 2.93. The van der Waals surface area contributed by atoms with Crippen molar-refractivity contribution in [2.75, 3.05) is 0 Å². The van der Waals surface area contributed by atoms with E-state index in [4.69, 9.17) is 4.74 Å². The van der Waals surface area contributed by atoms with Gasteiger partial charge in [0.05, 0.1) is 13.5 Å². The van der Waals surface area contributed by atoms with Gasteiger partial charge >= 0.3 is 5.97 Å². The van der Waals surface area contributed by atoms with Crippen LogP contribution in [0.15, 0.2) is 23.4 Å². The van der Waals surface area contributed by atoms with Crippen LogP contribution in [0.25, 0.3) is 0 Å². The van der Waals surface area contributed by atoms with Crippen molar-refractivity contribution in [2.45, 2.75) is 39.6 Å². The Balaban J connectivity index is 2.32. The zero-order valence-electron chi connectivity index (χ0n) is 10.7. The second-order valence-electron chi connectivity index (χ2n) is 6.35. The summed E-state index contributed by atoms with van der Waals surface area (Å²) in [5.41, 5.74) is -0.372. The Hall–Kier alpha value is -0.833. The second kappa shape index (κ2) is 3.33. The lowest BCUT2D eigenvalue weighted by atomic mass is 9.77. The minimum absolute atomic E-state index is 0.0331. The van der Waals surface area contributed by atoms with Crippen molar-refractivity contribution < 1.29 is 9.53 Å². The molecule has 0 saturated carbocycles. The van der Waals surface area contributed by atoms with E-state index in [0.717, 1.165) is 0 Å². The first-order valence-electron chi connectivity index (χ1n) is 5.84. The Bertz CT molecular complexity index is 385. The molecule has 0 radical (unpaired) electrons. The molecule has 2 rings (SSSR count). The van der Waals surface area contributed by atoms with Gasteiger partial charge in [0.25, 0.3) is 0 Å². The van der Waals surface area contributed by atoms with Crippen LogP contribution in [0.2, 0.25) is 19.6 Å². The number of hydrogen-bond donors (Lipinski definition) is 0. The van der Waals surface area contributed by atoms with E-state index < -0.39 is 8.07 Å². The van der Waals surface area contributed by atoms with Gasteiger partial charge in [0.2, 0.25) is 0 Å². The van der Waals surface area contributed by atoms with Gasteiger partial charge < -0.3 is 4.74 Å². The average molecular weight is 236 g/mol. The fraction of sp³-hybridized carbons (Fsp3) is 0.615. The number of carbonyl (C=O) groups is 1. The van der Waals surface area contributed by atoms with E-state index in [1.165, 1.54) is 5.20 Å². The van der Waals surface area contributed by atoms with Gasteiger partial charge in [-0.3, -0.25) is 4.79 Å². The van der Waals surface area contributed by atoms with Gasteiger partial charge in [0.1, 0.15) is 6.10 Å². The predicted molar refractivity (Wildman–Crippen MR) is 67.7 cm³/mol. The Morgan fingerprint density at radius 1 is 1.31 bits per heavy atom. The minimum Gasteiger partial charge on any atom is -0.457 e. The minimum atomic E-state index is -1.30. The van der Waals surface area contributed by atoms with Crippen molar-refractivity contribution in [3.63, 3.8) is 0 Å². The SMILES string of the molecule is CC1(C)C(=O)OC2C=C([Si](C)(C)C)C=CC21. The van der Waals surface area contributed by atoms with Crippen LogP contribution < -0.4 is 0 Å². The number of carbonyl (C=O) groups excluding carboxylic acids is 1. The van der Waals surface area contributed by atoms with Crippen LogP contribution >= 0.6 is 0 Å². The van der Waals surface area contributed by atoms with Gasteiger partial charge in [0.15, 0.2) is 0 Å². The molecule has 1 aliphatic carbocycles. The van der Waals surface area contributed by atoms with Gasteiger partial charge in [-0.15, -0.1) is 0 Å². The summed E-state index contributed by atoms with van der Waals surface area (Å²) >= 11 is 0. The number of rotatable bonds is 1. The van der Waals surface area contributed by atoms with Gasteiger partial charge in [-0.05, 0) is 19.9 Å². The molecule has 3 heteroatoms. The van der Waals surface area contributed by atoms with Crippen LogP contribution in [0, 0.1) is 11.3 Å². The number of allylic oxidation sites excluding steroid dienone is 2. The maximum absolute atomic E-state index is 11.7. The van der Waals surface area contributed by atoms with Crippen LogP contribution in [-0.2, 0) is 9.53 Å². The molecular formula is C13H20O2Si. The van der Waals surface area contributed by atoms with Gasteiger partial charge in [-0.1, -0.05) is 37.0 Å². The lowest BCUT2D eigenvalue weighted by Gasteiger charge is -2.27. The molecule has 0 bridgehead atoms. The molecule has 1 fully saturated rings. The molecule has 0 amide bonds. The molecule has 2 aliphatic rings. The highest BCUT2D eigenvalue weighted by molar-refractivity contribution is 6.83. The van der Waals surface area contributed by atoms with E-state index >= 15 is 0 Å². The van der Waals surface area contributed by atoms with Crippen LogP contribution in [0.3, 0.4) is 0 Å². The number of hydrogen-bond acceptors (Lipinski definition) is 2. The maximum Gasteiger partial charge on any atom is 0.312 e. The highest BCUT2D eigenvalue weighted by Crippen LogP contribution is 2.43. The summed E-state index contributed by atoms with van der Waals surface area (Å²) in [6.45, 7) is 10.9. The maximum atomic E-state index is 11.7. The fourth-order valence-corrected chi connectivity index (χ4v) is 3.58. The standard InChI is InChI=1S/C13H20O2Si/c1-13(2)10-7-6-9(16(3,4)5)8-11(10)15-12(13)14/h6-8,10-11H,1-5H3. The third-order valence-electron chi connectivity index (χ3n) is 3.65. The van der Waals surface area contributed by atoms with Crippen molar-refractivity contribution >= 4 is 14.0 Å². The zero-order chi connectivity index (χ0) is 12.1. The van der Waals surface area contributed by atoms with Crippen molar-refractivity contribution in [3.05, 3.63) is 23.4 Å². The van der Waals surface area contributed by atoms with E-state index in [-0.39, 0.29) is 23.4 Å². The third kappa shape index (κ3) is 1.67. The van der Waals surface area contributed by atoms with Gasteiger partial charge in [0, 0.05) is 5.92 Å². The summed E-state index contributed by atoms with van der Waals surface area (Å²) in [6.07, 6.45) is 6.51. The molecule has 16 heavy (non-hydrogen) atoms. The summed E-state index contributed by atoms with van der Waals surface area (Å²) in [7, 11) is -1.30. The quantitative estimate of drug-likeness (QED) is 0.517. The first-order valence-corrected chi connectivity index (χ1v) is 9.34. The molecule has 0 aromatic rings. The van der Waals surface area contributed by atoms with Crippen LogP contribution in [0.1, 0.15) is 13.8 Å². The molecule has 1 aliphatic heterocycles. The van der Waals surface area contributed by atoms with E-state index in [1.54, 1.807) is 0 Å². The molecular weight excluding hydrogens is 216 g/mol. The fourth-order valence-electron chi connectivity index (χ4n) is 2.32. The van der Waals surface area contributed by atoms with E-state index in [9.17, 15) is 4.79 Å². The van der Waals surface area contributed by atoms with Crippen molar-refractivity contribution in [1.82, 2.24) is 0 Å². The smallest absolute Gasteiger partial charge is 0.312 e. The van der Waals surface area contributed by atoms with Crippen LogP contribution in [-0.4, -0.2) is 20.1 Å². The molecule has 1 saturated heterocycles. The van der Waals surface area contributed by atoms with Crippen molar-refractivity contribution in [3.8, 4) is 0 Å². The molecule has 2 nitrogen and oxygen atoms in total. The van der Waals surface area contributed by atoms with E-state index in [2.05, 4.69) is 37.9 Å². The van der Waals surface area contributed by atoms with Crippen molar-refractivity contribution in [1.29, 1.82) is 0 Å². The molecule has 0 aromatic carbocycles. The summed E-state index contributed by atoms with van der Waals surface area (Å²) in [5, 5.41) is 1.39. The van der Waals surface area contributed by atoms with Crippen LogP contribution in [0.5, 0.6) is 0 Å². The molecule has 0 spiro atoms. The summed E-state index contributed by atoms with van der Waals surface area (Å²) in [6, 6.07) is 0. The lowest BCUT2D eigenvalue weighted by Crippen LogP contribution is -2.31. The summed E-state index contributed by atoms with van der Waals surface area (Å²) < 4.78 is 5.46. The molecule has 0 N–H and O–H groups in total. The number of ether oxygens (including phenoxy) is 1. The number of fused-ring (bicyclic) bond motifs is 1. The van der Waals surface area contributed by atoms with E-state index in [0.29, 0.717) is 0 Å². The van der Waals surface area contributed by atoms with Gasteiger partial charge in [-0.2, -0.15) is 0 Å². The lowest BCUT2D eigenvalue weighted by molar-refractivity contribution is -0.146. The highest BCUT2D eigenvalue weighted by atomic mass is 28.3. The average Bonchev–Trinajstić information content (AvgIpc) is 2.36.